The number of nitrogens with zero attached hydrogens (tertiary/aromatic N) is 2. The van der Waals surface area contributed by atoms with E-state index >= 15 is 0 Å². The van der Waals surface area contributed by atoms with Gasteiger partial charge in [0.1, 0.15) is 54.1 Å². The van der Waals surface area contributed by atoms with E-state index in [1.54, 1.807) is 34.0 Å². The molecule has 1 aromatic carbocycles. The van der Waals surface area contributed by atoms with E-state index in [4.69, 9.17) is 16.6 Å². The number of benzene rings is 1. The number of carbonyl (C=O) groups excluding carboxylic acids is 9. The van der Waals surface area contributed by atoms with E-state index in [0.717, 1.165) is 9.80 Å². The fourth-order valence-corrected chi connectivity index (χ4v) is 8.95. The third-order valence-electron chi connectivity index (χ3n) is 12.2. The molecule has 0 radical (unpaired) electrons. The van der Waals surface area contributed by atoms with Crippen molar-refractivity contribution in [1.82, 2.24) is 41.7 Å². The molecule has 0 bridgehead atoms. The van der Waals surface area contributed by atoms with Crippen molar-refractivity contribution in [3.8, 4) is 5.75 Å². The summed E-state index contributed by atoms with van der Waals surface area (Å²) in [6.07, 6.45) is -0.253. The van der Waals surface area contributed by atoms with Crippen LogP contribution in [0, 0.1) is 11.8 Å². The number of likely N-dealkylation sites (tertiary alicyclic amines) is 2. The highest BCUT2D eigenvalue weighted by atomic mass is 32.2. The number of thioether (sulfide) groups is 1. The predicted molar refractivity (Wildman–Crippen MR) is 264 cm³/mol. The molecule has 2 fully saturated rings. The highest BCUT2D eigenvalue weighted by Crippen LogP contribution is 2.23. The largest absolute Gasteiger partial charge is 0.508 e. The SMILES string of the molecule is CSCC[C@H](NC(=O)[C@@H](N)CC(=O)O)C(=O)N[C@@H](Cc1ccc(O)cc1)C(=O)N1CCC[C@H]1C(=O)N[C@@H](CC(=O)O)C(=O)N[C@@H](CC(C)C)C(=O)N[C@@H](CC(N)=O)C(=O)N1CCC[C@H]1C(=O)N[C@H](C(=O)O)C(C)C. The molecule has 74 heavy (non-hydrogen) atoms. The summed E-state index contributed by atoms with van der Waals surface area (Å²) in [6.45, 7) is 6.51. The van der Waals surface area contributed by atoms with Crippen LogP contribution in [0.2, 0.25) is 0 Å². The van der Waals surface area contributed by atoms with Crippen molar-refractivity contribution < 1.29 is 78.0 Å². The minimum absolute atomic E-state index is 0.00749. The number of carbonyl (C=O) groups is 12. The Morgan fingerprint density at radius 3 is 1.62 bits per heavy atom. The minimum Gasteiger partial charge on any atom is -0.508 e. The molecule has 14 N–H and O–H groups in total. The summed E-state index contributed by atoms with van der Waals surface area (Å²) in [5, 5.41) is 53.3. The summed E-state index contributed by atoms with van der Waals surface area (Å²) in [4.78, 5) is 160. The highest BCUT2D eigenvalue weighted by Gasteiger charge is 2.43. The van der Waals surface area contributed by atoms with Gasteiger partial charge in [-0.2, -0.15) is 11.8 Å². The number of amides is 9. The normalized spacial score (nSPS) is 18.2. The van der Waals surface area contributed by atoms with E-state index in [1.165, 1.54) is 36.0 Å². The van der Waals surface area contributed by atoms with E-state index in [1.807, 2.05) is 0 Å². The second kappa shape index (κ2) is 29.0. The molecule has 0 aliphatic carbocycles. The maximum Gasteiger partial charge on any atom is 0.326 e. The molecule has 0 spiro atoms. The van der Waals surface area contributed by atoms with Gasteiger partial charge in [-0.25, -0.2) is 4.79 Å². The standard InChI is InChI=1S/C47H70N10O16S/c1-23(2)18-29(41(66)54-32(21-35(49)59)46(71)57-16-7-9-34(57)44(69)55-38(24(3)4)47(72)73)51-42(67)30(22-37(62)63)52-43(68)33-8-6-15-56(33)45(70)31(19-25-10-12-26(58)13-11-25)53-40(65)28(14-17-74-5)50-39(64)27(48)20-36(60)61/h10-13,23-24,27-34,38,58H,6-9,14-22,48H2,1-5H3,(H2,49,59)(H,50,64)(H,51,67)(H,52,68)(H,53,65)(H,54,66)(H,55,69)(H,60,61)(H,62,63)(H,72,73)/t27-,28-,29-,30-,31-,32-,33-,34-,38-/m0/s1. The topological polar surface area (TPSA) is 416 Å². The second-order valence-corrected chi connectivity index (χ2v) is 20.0. The zero-order chi connectivity index (χ0) is 55.6. The van der Waals surface area contributed by atoms with Crippen LogP contribution in [0.1, 0.15) is 91.0 Å². The number of nitrogens with two attached hydrogens (primary N) is 2. The zero-order valence-electron chi connectivity index (χ0n) is 42.0. The van der Waals surface area contributed by atoms with E-state index < -0.39 is 151 Å². The number of hydrogen-bond acceptors (Lipinski definition) is 15. The lowest BCUT2D eigenvalue weighted by molar-refractivity contribution is -0.146. The number of phenolic OH excluding ortho intramolecular Hbond substituents is 1. The van der Waals surface area contributed by atoms with E-state index in [-0.39, 0.29) is 63.3 Å². The Morgan fingerprint density at radius 2 is 1.12 bits per heavy atom. The fourth-order valence-electron chi connectivity index (χ4n) is 8.47. The molecule has 0 saturated carbocycles. The van der Waals surface area contributed by atoms with Crippen molar-refractivity contribution in [3.05, 3.63) is 29.8 Å². The molecular formula is C47H70N10O16S. The van der Waals surface area contributed by atoms with E-state index in [9.17, 15) is 72.9 Å². The number of aliphatic carboxylic acids is 3. The molecule has 27 heteroatoms. The Bertz CT molecular complexity index is 2230. The van der Waals surface area contributed by atoms with Gasteiger partial charge in [-0.1, -0.05) is 39.8 Å². The van der Waals surface area contributed by atoms with Gasteiger partial charge >= 0.3 is 17.9 Å². The van der Waals surface area contributed by atoms with Gasteiger partial charge in [0.05, 0.1) is 25.3 Å². The van der Waals surface area contributed by atoms with E-state index in [2.05, 4.69) is 31.9 Å². The van der Waals surface area contributed by atoms with Crippen LogP contribution in [0.15, 0.2) is 24.3 Å². The third kappa shape index (κ3) is 18.8. The van der Waals surface area contributed by atoms with E-state index in [0.29, 0.717) is 17.7 Å². The molecule has 3 rings (SSSR count). The van der Waals surface area contributed by atoms with Gasteiger partial charge in [-0.15, -0.1) is 0 Å². The van der Waals surface area contributed by atoms with Crippen molar-refractivity contribution in [3.63, 3.8) is 0 Å². The number of nitrogens with one attached hydrogen (secondary N) is 6. The number of carboxylic acids is 3. The number of rotatable bonds is 29. The molecule has 2 saturated heterocycles. The first kappa shape index (κ1) is 61.3. The van der Waals surface area contributed by atoms with Gasteiger partial charge in [0.25, 0.3) is 0 Å². The summed E-state index contributed by atoms with van der Waals surface area (Å²) >= 11 is 1.34. The summed E-state index contributed by atoms with van der Waals surface area (Å²) in [5.74, 6) is -13.1. The molecule has 0 aromatic heterocycles. The molecule has 9 amide bonds. The lowest BCUT2D eigenvalue weighted by Crippen LogP contribution is -2.61. The van der Waals surface area contributed by atoms with Crippen LogP contribution in [0.3, 0.4) is 0 Å². The molecule has 2 aliphatic rings. The number of carboxylic acid groups (broad SMARTS) is 3. The quantitative estimate of drug-likeness (QED) is 0.0395. The lowest BCUT2D eigenvalue weighted by Gasteiger charge is -2.31. The summed E-state index contributed by atoms with van der Waals surface area (Å²) in [6, 6.07) is -7.30. The van der Waals surface area contributed by atoms with Crippen LogP contribution >= 0.6 is 11.8 Å². The molecule has 9 atom stereocenters. The van der Waals surface area contributed by atoms with Crippen molar-refractivity contribution in [2.75, 3.05) is 25.1 Å². The van der Waals surface area contributed by atoms with Gasteiger partial charge in [0.2, 0.25) is 53.2 Å². The summed E-state index contributed by atoms with van der Waals surface area (Å²) in [5.41, 5.74) is 11.7. The van der Waals surface area contributed by atoms with Crippen LogP contribution in [-0.4, -0.2) is 181 Å². The van der Waals surface area contributed by atoms with Crippen molar-refractivity contribution >= 4 is 82.8 Å². The molecule has 2 aliphatic heterocycles. The number of aromatic hydroxyl groups is 1. The zero-order valence-corrected chi connectivity index (χ0v) is 42.8. The average Bonchev–Trinajstić information content (AvgIpc) is 4.02. The van der Waals surface area contributed by atoms with Gasteiger partial charge in [-0.3, -0.25) is 52.7 Å². The Kier molecular flexibility index (Phi) is 24.0. The van der Waals surface area contributed by atoms with Crippen molar-refractivity contribution in [2.24, 2.45) is 23.3 Å². The number of primary amides is 1. The summed E-state index contributed by atoms with van der Waals surface area (Å²) < 4.78 is 0. The number of hydrogen-bond donors (Lipinski definition) is 12. The van der Waals surface area contributed by atoms with Crippen LogP contribution in [0.25, 0.3) is 0 Å². The van der Waals surface area contributed by atoms with Crippen LogP contribution in [0.4, 0.5) is 0 Å². The Balaban J connectivity index is 1.87. The predicted octanol–water partition coefficient (Wildman–Crippen LogP) is -2.48. The van der Waals surface area contributed by atoms with Crippen LogP contribution < -0.4 is 43.4 Å². The second-order valence-electron chi connectivity index (χ2n) is 19.0. The van der Waals surface area contributed by atoms with Crippen LogP contribution in [-0.2, 0) is 64.0 Å². The maximum absolute atomic E-state index is 14.5. The Labute approximate surface area is 431 Å². The monoisotopic (exact) mass is 1060 g/mol. The smallest absolute Gasteiger partial charge is 0.326 e. The first-order valence-corrected chi connectivity index (χ1v) is 25.5. The molecule has 410 valence electrons. The fraction of sp³-hybridized carbons (Fsp3) is 0.617. The molecule has 1 aromatic rings. The first-order chi connectivity index (χ1) is 34.7. The molecule has 2 heterocycles. The minimum atomic E-state index is -1.85. The maximum atomic E-state index is 14.5. The van der Waals surface area contributed by atoms with Gasteiger partial charge in [-0.05, 0) is 80.1 Å². The molecule has 26 nitrogen and oxygen atoms in total. The third-order valence-corrected chi connectivity index (χ3v) is 12.9. The van der Waals surface area contributed by atoms with Gasteiger partial charge < -0.3 is 73.6 Å². The Morgan fingerprint density at radius 1 is 0.635 bits per heavy atom. The highest BCUT2D eigenvalue weighted by molar-refractivity contribution is 7.98. The molecular weight excluding hydrogens is 993 g/mol. The van der Waals surface area contributed by atoms with Crippen molar-refractivity contribution in [1.29, 1.82) is 0 Å². The number of phenols is 1. The first-order valence-electron chi connectivity index (χ1n) is 24.1. The van der Waals surface area contributed by atoms with Gasteiger partial charge in [0.15, 0.2) is 0 Å². The molecule has 0 unspecified atom stereocenters. The Hall–Kier alpha value is -7.03. The average molecular weight is 1060 g/mol. The van der Waals surface area contributed by atoms with Crippen molar-refractivity contribution in [2.45, 2.75) is 146 Å². The summed E-state index contributed by atoms with van der Waals surface area (Å²) in [7, 11) is 0. The van der Waals surface area contributed by atoms with Crippen LogP contribution in [0.5, 0.6) is 5.75 Å². The van der Waals surface area contributed by atoms with Gasteiger partial charge in [0, 0.05) is 19.5 Å². The lowest BCUT2D eigenvalue weighted by atomic mass is 10.0.